The second kappa shape index (κ2) is 11.5. The topological polar surface area (TPSA) is 117 Å². The average Bonchev–Trinajstić information content (AvgIpc) is 2.75. The Bertz CT molecular complexity index is 825. The molecule has 0 bridgehead atoms. The van der Waals surface area contributed by atoms with E-state index in [0.29, 0.717) is 17.0 Å². The second-order valence-corrected chi connectivity index (χ2v) is 6.16. The van der Waals surface area contributed by atoms with Crippen LogP contribution in [0.15, 0.2) is 66.7 Å². The van der Waals surface area contributed by atoms with Gasteiger partial charge in [-0.05, 0) is 29.8 Å². The fourth-order valence-corrected chi connectivity index (χ4v) is 2.59. The Morgan fingerprint density at radius 1 is 1.14 bits per heavy atom. The molecule has 0 aromatic heterocycles. The summed E-state index contributed by atoms with van der Waals surface area (Å²) >= 11 is 0. The van der Waals surface area contributed by atoms with Crippen molar-refractivity contribution in [3.8, 4) is 5.75 Å². The van der Waals surface area contributed by atoms with Crippen molar-refractivity contribution in [3.63, 3.8) is 0 Å². The number of rotatable bonds is 9. The summed E-state index contributed by atoms with van der Waals surface area (Å²) in [5, 5.41) is 20.2. The van der Waals surface area contributed by atoms with Gasteiger partial charge in [-0.25, -0.2) is 10.3 Å². The first-order valence-electron chi connectivity index (χ1n) is 9.02. The largest absolute Gasteiger partial charge is 0.491 e. The maximum atomic E-state index is 12.4. The molecule has 154 valence electrons. The summed E-state index contributed by atoms with van der Waals surface area (Å²) in [6, 6.07) is 15.8. The number of carbonyl (C=O) groups is 2. The van der Waals surface area contributed by atoms with Crippen molar-refractivity contribution in [2.24, 2.45) is 5.92 Å². The lowest BCUT2D eigenvalue weighted by Crippen LogP contribution is -2.22. The Balaban J connectivity index is 2.21. The van der Waals surface area contributed by atoms with Gasteiger partial charge in [0.1, 0.15) is 18.5 Å². The highest BCUT2D eigenvalue weighted by atomic mass is 16.6. The Morgan fingerprint density at radius 3 is 2.59 bits per heavy atom. The quantitative estimate of drug-likeness (QED) is 0.292. The van der Waals surface area contributed by atoms with Crippen LogP contribution < -0.4 is 15.5 Å². The maximum absolute atomic E-state index is 12.4. The molecule has 0 unspecified atom stereocenters. The molecule has 0 aliphatic rings. The number of aliphatic hydroxyl groups is 1. The maximum Gasteiger partial charge on any atom is 0.412 e. The number of ether oxygens (including phenoxy) is 2. The number of hydroxylamine groups is 1. The van der Waals surface area contributed by atoms with Crippen molar-refractivity contribution in [1.29, 1.82) is 0 Å². The van der Waals surface area contributed by atoms with Gasteiger partial charge in [0.15, 0.2) is 0 Å². The summed E-state index contributed by atoms with van der Waals surface area (Å²) in [5.74, 6) is -0.579. The highest BCUT2D eigenvalue weighted by Gasteiger charge is 2.23. The molecule has 2 rings (SSSR count). The highest BCUT2D eigenvalue weighted by molar-refractivity contribution is 5.86. The Hall–Kier alpha value is -3.36. The molecule has 0 aliphatic carbocycles. The minimum Gasteiger partial charge on any atom is -0.491 e. The molecule has 0 saturated heterocycles. The second-order valence-electron chi connectivity index (χ2n) is 6.16. The van der Waals surface area contributed by atoms with Crippen LogP contribution in [0.1, 0.15) is 18.6 Å². The highest BCUT2D eigenvalue weighted by Crippen LogP contribution is 2.30. The summed E-state index contributed by atoms with van der Waals surface area (Å²) in [4.78, 5) is 23.7. The van der Waals surface area contributed by atoms with Gasteiger partial charge in [-0.15, -0.1) is 0 Å². The van der Waals surface area contributed by atoms with Crippen LogP contribution in [-0.2, 0) is 9.53 Å². The first-order valence-corrected chi connectivity index (χ1v) is 9.02. The fraction of sp³-hybridized carbons (Fsp3) is 0.238. The van der Waals surface area contributed by atoms with Gasteiger partial charge in [-0.2, -0.15) is 0 Å². The van der Waals surface area contributed by atoms with Gasteiger partial charge in [0, 0.05) is 17.7 Å². The van der Waals surface area contributed by atoms with E-state index in [1.807, 2.05) is 6.07 Å². The number of para-hydroxylation sites is 1. The summed E-state index contributed by atoms with van der Waals surface area (Å²) in [5.41, 5.74) is 2.74. The van der Waals surface area contributed by atoms with E-state index in [4.69, 9.17) is 19.8 Å². The number of anilines is 1. The van der Waals surface area contributed by atoms with E-state index >= 15 is 0 Å². The molecule has 0 saturated carbocycles. The number of hydrogen-bond acceptors (Lipinski definition) is 6. The van der Waals surface area contributed by atoms with Crippen LogP contribution in [0.2, 0.25) is 0 Å². The van der Waals surface area contributed by atoms with Crippen molar-refractivity contribution in [2.45, 2.75) is 13.0 Å². The average molecular weight is 400 g/mol. The van der Waals surface area contributed by atoms with Crippen molar-refractivity contribution in [1.82, 2.24) is 5.48 Å². The van der Waals surface area contributed by atoms with Gasteiger partial charge < -0.3 is 14.6 Å². The summed E-state index contributed by atoms with van der Waals surface area (Å²) in [6.45, 7) is 1.78. The van der Waals surface area contributed by atoms with E-state index in [-0.39, 0.29) is 13.2 Å². The third kappa shape index (κ3) is 7.28. The predicted molar refractivity (Wildman–Crippen MR) is 107 cm³/mol. The lowest BCUT2D eigenvalue weighted by Gasteiger charge is -2.23. The van der Waals surface area contributed by atoms with Crippen LogP contribution >= 0.6 is 0 Å². The van der Waals surface area contributed by atoms with Crippen LogP contribution in [-0.4, -0.2) is 35.5 Å². The molecule has 29 heavy (non-hydrogen) atoms. The number of hydrogen-bond donors (Lipinski definition) is 4. The van der Waals surface area contributed by atoms with E-state index in [9.17, 15) is 9.59 Å². The molecule has 2 amide bonds. The molecule has 4 N–H and O–H groups in total. The van der Waals surface area contributed by atoms with E-state index in [1.165, 1.54) is 11.6 Å². The number of nitrogens with one attached hydrogen (secondary N) is 2. The van der Waals surface area contributed by atoms with Crippen LogP contribution in [0.4, 0.5) is 10.5 Å². The lowest BCUT2D eigenvalue weighted by atomic mass is 9.96. The third-order valence-corrected chi connectivity index (χ3v) is 3.94. The number of aliphatic hydroxyl groups excluding tert-OH is 1. The summed E-state index contributed by atoms with van der Waals surface area (Å²) in [7, 11) is 0. The molecule has 8 heteroatoms. The smallest absolute Gasteiger partial charge is 0.412 e. The van der Waals surface area contributed by atoms with Crippen molar-refractivity contribution in [3.05, 3.63) is 72.3 Å². The third-order valence-electron chi connectivity index (χ3n) is 3.94. The van der Waals surface area contributed by atoms with Crippen molar-refractivity contribution < 1.29 is 29.4 Å². The molecular formula is C21H24N2O6. The zero-order valence-corrected chi connectivity index (χ0v) is 15.9. The zero-order valence-electron chi connectivity index (χ0n) is 15.9. The monoisotopic (exact) mass is 400 g/mol. The lowest BCUT2D eigenvalue weighted by molar-refractivity contribution is -0.124. The van der Waals surface area contributed by atoms with E-state index in [2.05, 4.69) is 5.32 Å². The number of benzene rings is 2. The molecule has 0 radical (unpaired) electrons. The normalized spacial score (nSPS) is 12.8. The molecule has 0 aliphatic heterocycles. The van der Waals surface area contributed by atoms with Gasteiger partial charge in [0.2, 0.25) is 0 Å². The van der Waals surface area contributed by atoms with Crippen LogP contribution in [0, 0.1) is 5.92 Å². The number of amides is 2. The van der Waals surface area contributed by atoms with E-state index < -0.39 is 24.0 Å². The SMILES string of the molecule is C[C@@H](/C=C/C(=O)NO)[C@H](OC(=O)Nc1ccccc1)c1cccc(OCCO)c1. The van der Waals surface area contributed by atoms with Crippen LogP contribution in [0.3, 0.4) is 0 Å². The first kappa shape index (κ1) is 21.9. The van der Waals surface area contributed by atoms with Gasteiger partial charge in [0.05, 0.1) is 6.61 Å². The minimum absolute atomic E-state index is 0.126. The molecule has 8 nitrogen and oxygen atoms in total. The van der Waals surface area contributed by atoms with Gasteiger partial charge in [-0.3, -0.25) is 15.3 Å². The molecular weight excluding hydrogens is 376 g/mol. The minimum atomic E-state index is -0.737. The summed E-state index contributed by atoms with van der Waals surface area (Å²) < 4.78 is 11.0. The van der Waals surface area contributed by atoms with Gasteiger partial charge in [0.25, 0.3) is 5.91 Å². The first-order chi connectivity index (χ1) is 14.0. The van der Waals surface area contributed by atoms with Crippen molar-refractivity contribution >= 4 is 17.7 Å². The molecule has 0 fully saturated rings. The molecule has 0 heterocycles. The Kier molecular flexibility index (Phi) is 8.68. The zero-order chi connectivity index (χ0) is 21.1. The number of carbonyl (C=O) groups excluding carboxylic acids is 2. The Labute approximate surface area is 168 Å². The molecule has 0 spiro atoms. The molecule has 2 aromatic rings. The van der Waals surface area contributed by atoms with Crippen LogP contribution in [0.5, 0.6) is 5.75 Å². The molecule has 2 aromatic carbocycles. The van der Waals surface area contributed by atoms with Gasteiger partial charge >= 0.3 is 6.09 Å². The van der Waals surface area contributed by atoms with Crippen molar-refractivity contribution in [2.75, 3.05) is 18.5 Å². The van der Waals surface area contributed by atoms with Gasteiger partial charge in [-0.1, -0.05) is 43.3 Å². The van der Waals surface area contributed by atoms with E-state index in [1.54, 1.807) is 55.5 Å². The predicted octanol–water partition coefficient (Wildman–Crippen LogP) is 3.05. The van der Waals surface area contributed by atoms with Crippen LogP contribution in [0.25, 0.3) is 0 Å². The summed E-state index contributed by atoms with van der Waals surface area (Å²) in [6.07, 6.45) is 1.28. The molecule has 2 atom stereocenters. The van der Waals surface area contributed by atoms with E-state index in [0.717, 1.165) is 6.08 Å². The Morgan fingerprint density at radius 2 is 1.90 bits per heavy atom. The fourth-order valence-electron chi connectivity index (χ4n) is 2.59. The standard InChI is InChI=1S/C21H24N2O6/c1-15(10-11-19(25)23-27)20(16-6-5-9-18(14-16)28-13-12-24)29-21(26)22-17-7-3-2-4-8-17/h2-11,14-15,20,24,27H,12-13H2,1H3,(H,22,26)(H,23,25)/b11-10+/t15-,20-/m0/s1.